The molecule has 1 heterocycles. The quantitative estimate of drug-likeness (QED) is 0.670. The summed E-state index contributed by atoms with van der Waals surface area (Å²) in [7, 11) is 1.47. The normalized spacial score (nSPS) is 9.85. The molecule has 2 aromatic rings. The zero-order valence-electron chi connectivity index (χ0n) is 10.4. The lowest BCUT2D eigenvalue weighted by molar-refractivity contribution is -0.384. The lowest BCUT2D eigenvalue weighted by Crippen LogP contribution is -2.14. The highest BCUT2D eigenvalue weighted by atomic mass is 16.6. The van der Waals surface area contributed by atoms with E-state index in [0.717, 1.165) is 0 Å². The van der Waals surface area contributed by atoms with Crippen molar-refractivity contribution in [3.8, 4) is 5.75 Å². The number of anilines is 1. The average molecular weight is 274 g/mol. The Kier molecular flexibility index (Phi) is 3.85. The van der Waals surface area contributed by atoms with Crippen molar-refractivity contribution in [2.75, 3.05) is 12.4 Å². The topological polar surface area (TPSA) is 107 Å². The molecule has 0 radical (unpaired) electrons. The fraction of sp³-hybridized carbons (Fsp3) is 0.0833. The molecule has 0 saturated heterocycles. The molecule has 0 fully saturated rings. The number of carbonyl (C=O) groups is 1. The number of nitro groups is 1. The molecule has 8 heteroatoms. The highest BCUT2D eigenvalue weighted by molar-refractivity contribution is 6.03. The summed E-state index contributed by atoms with van der Waals surface area (Å²) >= 11 is 0. The number of ether oxygens (including phenoxy) is 1. The molecular weight excluding hydrogens is 264 g/mol. The van der Waals surface area contributed by atoms with Crippen molar-refractivity contribution < 1.29 is 14.5 Å². The third-order valence-corrected chi connectivity index (χ3v) is 2.41. The Bertz CT molecular complexity index is 642. The Labute approximate surface area is 113 Å². The van der Waals surface area contributed by atoms with Crippen LogP contribution in [-0.4, -0.2) is 27.9 Å². The van der Waals surface area contributed by atoms with E-state index >= 15 is 0 Å². The number of methoxy groups -OCH3 is 1. The van der Waals surface area contributed by atoms with Crippen molar-refractivity contribution in [2.45, 2.75) is 0 Å². The maximum Gasteiger partial charge on any atom is 0.270 e. The van der Waals surface area contributed by atoms with Gasteiger partial charge >= 0.3 is 0 Å². The summed E-state index contributed by atoms with van der Waals surface area (Å²) in [4.78, 5) is 29.7. The van der Waals surface area contributed by atoms with E-state index in [9.17, 15) is 14.9 Å². The van der Waals surface area contributed by atoms with Crippen LogP contribution in [0.2, 0.25) is 0 Å². The van der Waals surface area contributed by atoms with Crippen LogP contribution in [0.1, 0.15) is 10.4 Å². The minimum atomic E-state index is -0.569. The van der Waals surface area contributed by atoms with Crippen molar-refractivity contribution >= 4 is 17.5 Å². The van der Waals surface area contributed by atoms with Crippen molar-refractivity contribution in [2.24, 2.45) is 0 Å². The molecule has 0 unspecified atom stereocenters. The maximum atomic E-state index is 11.9. The van der Waals surface area contributed by atoms with Crippen LogP contribution < -0.4 is 10.1 Å². The summed E-state index contributed by atoms with van der Waals surface area (Å²) in [5.74, 6) is 0.0134. The van der Waals surface area contributed by atoms with E-state index in [2.05, 4.69) is 15.3 Å². The number of benzene rings is 1. The van der Waals surface area contributed by atoms with Gasteiger partial charge in [0.05, 0.1) is 24.4 Å². The van der Waals surface area contributed by atoms with Crippen LogP contribution in [-0.2, 0) is 0 Å². The van der Waals surface area contributed by atoms with Gasteiger partial charge in [-0.25, -0.2) is 9.97 Å². The van der Waals surface area contributed by atoms with Crippen LogP contribution >= 0.6 is 0 Å². The number of non-ortho nitro benzene ring substituents is 1. The fourth-order valence-corrected chi connectivity index (χ4v) is 1.42. The zero-order valence-corrected chi connectivity index (χ0v) is 10.4. The van der Waals surface area contributed by atoms with E-state index in [1.54, 1.807) is 0 Å². The van der Waals surface area contributed by atoms with E-state index < -0.39 is 10.8 Å². The monoisotopic (exact) mass is 274 g/mol. The third-order valence-electron chi connectivity index (χ3n) is 2.41. The molecule has 1 aromatic heterocycles. The lowest BCUT2D eigenvalue weighted by atomic mass is 10.2. The molecule has 1 amide bonds. The molecule has 20 heavy (non-hydrogen) atoms. The molecule has 8 nitrogen and oxygen atoms in total. The molecule has 0 saturated carbocycles. The van der Waals surface area contributed by atoms with Gasteiger partial charge < -0.3 is 4.74 Å². The van der Waals surface area contributed by atoms with Crippen LogP contribution in [0.25, 0.3) is 0 Å². The van der Waals surface area contributed by atoms with Crippen LogP contribution in [0.5, 0.6) is 5.75 Å². The van der Waals surface area contributed by atoms with Crippen LogP contribution in [0.3, 0.4) is 0 Å². The van der Waals surface area contributed by atoms with E-state index in [4.69, 9.17) is 4.74 Å². The second-order valence-electron chi connectivity index (χ2n) is 3.71. The Morgan fingerprint density at radius 3 is 2.65 bits per heavy atom. The molecule has 0 aliphatic heterocycles. The number of hydrogen-bond acceptors (Lipinski definition) is 6. The summed E-state index contributed by atoms with van der Waals surface area (Å²) in [6, 6.07) is 5.38. The van der Waals surface area contributed by atoms with Crippen LogP contribution in [0.4, 0.5) is 11.6 Å². The van der Waals surface area contributed by atoms with Crippen LogP contribution in [0, 0.1) is 10.1 Å². The van der Waals surface area contributed by atoms with E-state index in [1.165, 1.54) is 43.8 Å². The first kappa shape index (κ1) is 13.4. The summed E-state index contributed by atoms with van der Waals surface area (Å²) in [6.07, 6.45) is 2.80. The van der Waals surface area contributed by atoms with Gasteiger partial charge in [-0.15, -0.1) is 0 Å². The number of hydrogen-bond donors (Lipinski definition) is 1. The third kappa shape index (κ3) is 3.05. The lowest BCUT2D eigenvalue weighted by Gasteiger charge is -2.04. The molecule has 0 aliphatic rings. The second-order valence-corrected chi connectivity index (χ2v) is 3.71. The standard InChI is InChI=1S/C12H10N4O4/c1-20-10-6-13-12(14-7-10)15-11(17)8-3-2-4-9(5-8)16(18)19/h2-7H,1H3,(H,13,14,15,17). The first-order valence-corrected chi connectivity index (χ1v) is 5.52. The highest BCUT2D eigenvalue weighted by Crippen LogP contribution is 2.14. The molecule has 0 aliphatic carbocycles. The van der Waals surface area contributed by atoms with Gasteiger partial charge in [-0.05, 0) is 6.07 Å². The molecule has 0 atom stereocenters. The first-order chi connectivity index (χ1) is 9.60. The maximum absolute atomic E-state index is 11.9. The van der Waals surface area contributed by atoms with Crippen molar-refractivity contribution in [3.05, 3.63) is 52.3 Å². The fourth-order valence-electron chi connectivity index (χ4n) is 1.42. The summed E-state index contributed by atoms with van der Waals surface area (Å²) in [5, 5.41) is 13.1. The van der Waals surface area contributed by atoms with E-state index in [0.29, 0.717) is 5.75 Å². The van der Waals surface area contributed by atoms with Gasteiger partial charge in [0, 0.05) is 17.7 Å². The molecular formula is C12H10N4O4. The van der Waals surface area contributed by atoms with Gasteiger partial charge in [0.2, 0.25) is 5.95 Å². The SMILES string of the molecule is COc1cnc(NC(=O)c2cccc([N+](=O)[O-])c2)nc1. The second kappa shape index (κ2) is 5.74. The Morgan fingerprint density at radius 2 is 2.05 bits per heavy atom. The van der Waals surface area contributed by atoms with Crippen molar-refractivity contribution in [3.63, 3.8) is 0 Å². The van der Waals surface area contributed by atoms with E-state index in [1.807, 2.05) is 0 Å². The van der Waals surface area contributed by atoms with Gasteiger partial charge in [0.1, 0.15) is 0 Å². The van der Waals surface area contributed by atoms with Gasteiger partial charge in [-0.2, -0.15) is 0 Å². The Hall–Kier alpha value is -3.03. The summed E-state index contributed by atoms with van der Waals surface area (Å²) in [5.41, 5.74) is -0.00748. The molecule has 0 bridgehead atoms. The largest absolute Gasteiger partial charge is 0.494 e. The number of nitrogens with zero attached hydrogens (tertiary/aromatic N) is 3. The number of rotatable bonds is 4. The number of nitrogens with one attached hydrogen (secondary N) is 1. The first-order valence-electron chi connectivity index (χ1n) is 5.52. The smallest absolute Gasteiger partial charge is 0.270 e. The average Bonchev–Trinajstić information content (AvgIpc) is 2.48. The van der Waals surface area contributed by atoms with Gasteiger partial charge in [-0.1, -0.05) is 6.07 Å². The predicted octanol–water partition coefficient (Wildman–Crippen LogP) is 1.65. The van der Waals surface area contributed by atoms with Crippen molar-refractivity contribution in [1.29, 1.82) is 0 Å². The summed E-state index contributed by atoms with van der Waals surface area (Å²) in [6.45, 7) is 0. The molecule has 1 aromatic carbocycles. The zero-order chi connectivity index (χ0) is 14.5. The number of amides is 1. The number of aromatic nitrogens is 2. The number of nitro benzene ring substituents is 1. The van der Waals surface area contributed by atoms with Crippen molar-refractivity contribution in [1.82, 2.24) is 9.97 Å². The molecule has 2 rings (SSSR count). The summed E-state index contributed by atoms with van der Waals surface area (Å²) < 4.78 is 4.89. The molecule has 1 N–H and O–H groups in total. The van der Waals surface area contributed by atoms with Gasteiger partial charge in [0.15, 0.2) is 5.75 Å². The minimum absolute atomic E-state index is 0.0855. The Balaban J connectivity index is 2.14. The minimum Gasteiger partial charge on any atom is -0.494 e. The predicted molar refractivity (Wildman–Crippen MR) is 69.6 cm³/mol. The Morgan fingerprint density at radius 1 is 1.35 bits per heavy atom. The molecule has 102 valence electrons. The van der Waals surface area contributed by atoms with Gasteiger partial charge in [0.25, 0.3) is 11.6 Å². The number of carbonyl (C=O) groups excluding carboxylic acids is 1. The highest BCUT2D eigenvalue weighted by Gasteiger charge is 2.12. The van der Waals surface area contributed by atoms with Crippen LogP contribution in [0.15, 0.2) is 36.7 Å². The van der Waals surface area contributed by atoms with E-state index in [-0.39, 0.29) is 17.2 Å². The molecule has 0 spiro atoms. The van der Waals surface area contributed by atoms with Gasteiger partial charge in [-0.3, -0.25) is 20.2 Å².